The first kappa shape index (κ1) is 12.0. The Morgan fingerprint density at radius 3 is 2.36 bits per heavy atom. The molecule has 1 aliphatic carbocycles. The molecule has 0 aromatic carbocycles. The van der Waals surface area contributed by atoms with Crippen molar-refractivity contribution in [1.82, 2.24) is 5.32 Å². The topological polar surface area (TPSA) is 21.3 Å². The molecular formula is C12H25NO. The average Bonchev–Trinajstić information content (AvgIpc) is 2.13. The van der Waals surface area contributed by atoms with Crippen LogP contribution in [0.2, 0.25) is 0 Å². The van der Waals surface area contributed by atoms with Crippen molar-refractivity contribution in [1.29, 1.82) is 0 Å². The van der Waals surface area contributed by atoms with Crippen LogP contribution >= 0.6 is 0 Å². The third-order valence-electron chi connectivity index (χ3n) is 3.16. The number of rotatable bonds is 7. The van der Waals surface area contributed by atoms with Crippen LogP contribution in [0.5, 0.6) is 0 Å². The van der Waals surface area contributed by atoms with Gasteiger partial charge in [0.25, 0.3) is 0 Å². The molecule has 14 heavy (non-hydrogen) atoms. The molecule has 1 atom stereocenters. The molecule has 1 aliphatic rings. The molecule has 1 fully saturated rings. The highest BCUT2D eigenvalue weighted by Gasteiger charge is 2.20. The van der Waals surface area contributed by atoms with Crippen molar-refractivity contribution in [3.05, 3.63) is 0 Å². The first-order valence-electron chi connectivity index (χ1n) is 6.15. The van der Waals surface area contributed by atoms with E-state index in [0.717, 1.165) is 6.54 Å². The highest BCUT2D eigenvalue weighted by atomic mass is 16.5. The predicted molar refractivity (Wildman–Crippen MR) is 60.6 cm³/mol. The van der Waals surface area contributed by atoms with Gasteiger partial charge in [0.1, 0.15) is 0 Å². The lowest BCUT2D eigenvalue weighted by Gasteiger charge is -2.29. The molecule has 1 unspecified atom stereocenters. The van der Waals surface area contributed by atoms with Crippen molar-refractivity contribution < 1.29 is 4.74 Å². The second-order valence-electron chi connectivity index (χ2n) is 4.42. The van der Waals surface area contributed by atoms with E-state index in [-0.39, 0.29) is 0 Å². The van der Waals surface area contributed by atoms with E-state index in [4.69, 9.17) is 4.74 Å². The Balaban J connectivity index is 2.03. The third kappa shape index (κ3) is 3.97. The third-order valence-corrected chi connectivity index (χ3v) is 3.16. The summed E-state index contributed by atoms with van der Waals surface area (Å²) in [6.45, 7) is 7.65. The number of nitrogens with one attached hydrogen (secondary N) is 1. The minimum atomic E-state index is 0.376. The summed E-state index contributed by atoms with van der Waals surface area (Å²) < 4.78 is 5.86. The second-order valence-corrected chi connectivity index (χ2v) is 4.42. The van der Waals surface area contributed by atoms with E-state index >= 15 is 0 Å². The molecule has 0 bridgehead atoms. The van der Waals surface area contributed by atoms with Crippen molar-refractivity contribution in [2.45, 2.75) is 71.1 Å². The van der Waals surface area contributed by atoms with Gasteiger partial charge in [0, 0.05) is 12.6 Å². The van der Waals surface area contributed by atoms with Crippen molar-refractivity contribution >= 4 is 0 Å². The van der Waals surface area contributed by atoms with Gasteiger partial charge in [0.15, 0.2) is 0 Å². The largest absolute Gasteiger partial charge is 0.374 e. The fourth-order valence-electron chi connectivity index (χ4n) is 1.79. The molecule has 0 aromatic rings. The Kier molecular flexibility index (Phi) is 5.49. The maximum absolute atomic E-state index is 5.86. The maximum Gasteiger partial charge on any atom is 0.0675 e. The highest BCUT2D eigenvalue weighted by Crippen LogP contribution is 2.23. The van der Waals surface area contributed by atoms with Crippen LogP contribution in [0.15, 0.2) is 0 Å². The van der Waals surface area contributed by atoms with Gasteiger partial charge >= 0.3 is 0 Å². The zero-order valence-corrected chi connectivity index (χ0v) is 9.88. The van der Waals surface area contributed by atoms with Gasteiger partial charge in [-0.1, -0.05) is 13.8 Å². The molecule has 0 saturated heterocycles. The van der Waals surface area contributed by atoms with E-state index in [1.807, 2.05) is 0 Å². The monoisotopic (exact) mass is 199 g/mol. The van der Waals surface area contributed by atoms with Crippen LogP contribution in [0.4, 0.5) is 0 Å². The molecule has 2 heteroatoms. The Morgan fingerprint density at radius 2 is 1.93 bits per heavy atom. The summed E-state index contributed by atoms with van der Waals surface area (Å²) in [5.41, 5.74) is 0. The highest BCUT2D eigenvalue weighted by molar-refractivity contribution is 4.72. The molecule has 1 N–H and O–H groups in total. The second kappa shape index (κ2) is 6.41. The summed E-state index contributed by atoms with van der Waals surface area (Å²) in [4.78, 5) is 0. The average molecular weight is 199 g/mol. The molecule has 0 aliphatic heterocycles. The SMILES string of the molecule is CCC(CC)NCC(C)OC1CCC1. The Bertz CT molecular complexity index is 141. The van der Waals surface area contributed by atoms with Crippen molar-refractivity contribution in [3.63, 3.8) is 0 Å². The smallest absolute Gasteiger partial charge is 0.0675 e. The quantitative estimate of drug-likeness (QED) is 0.680. The maximum atomic E-state index is 5.86. The lowest BCUT2D eigenvalue weighted by atomic mass is 9.96. The van der Waals surface area contributed by atoms with E-state index in [0.29, 0.717) is 18.2 Å². The first-order chi connectivity index (χ1) is 6.76. The summed E-state index contributed by atoms with van der Waals surface area (Å²) in [6, 6.07) is 0.669. The minimum Gasteiger partial charge on any atom is -0.374 e. The first-order valence-corrected chi connectivity index (χ1v) is 6.15. The molecule has 1 rings (SSSR count). The van der Waals surface area contributed by atoms with Gasteiger partial charge < -0.3 is 10.1 Å². The van der Waals surface area contributed by atoms with Gasteiger partial charge in [0.05, 0.1) is 12.2 Å². The van der Waals surface area contributed by atoms with Crippen molar-refractivity contribution in [2.75, 3.05) is 6.54 Å². The number of hydrogen-bond donors (Lipinski definition) is 1. The van der Waals surface area contributed by atoms with Gasteiger partial charge in [0.2, 0.25) is 0 Å². The fraction of sp³-hybridized carbons (Fsp3) is 1.00. The van der Waals surface area contributed by atoms with Gasteiger partial charge in [-0.3, -0.25) is 0 Å². The van der Waals surface area contributed by atoms with Gasteiger partial charge in [-0.15, -0.1) is 0 Å². The predicted octanol–water partition coefficient (Wildman–Crippen LogP) is 2.72. The van der Waals surface area contributed by atoms with E-state index < -0.39 is 0 Å². The fourth-order valence-corrected chi connectivity index (χ4v) is 1.79. The molecule has 2 nitrogen and oxygen atoms in total. The molecule has 0 spiro atoms. The van der Waals surface area contributed by atoms with Crippen LogP contribution in [-0.4, -0.2) is 24.8 Å². The Morgan fingerprint density at radius 1 is 1.29 bits per heavy atom. The molecular weight excluding hydrogens is 174 g/mol. The van der Waals surface area contributed by atoms with E-state index in [9.17, 15) is 0 Å². The van der Waals surface area contributed by atoms with Crippen LogP contribution in [0, 0.1) is 0 Å². The minimum absolute atomic E-state index is 0.376. The van der Waals surface area contributed by atoms with Gasteiger partial charge in [-0.2, -0.15) is 0 Å². The number of ether oxygens (including phenoxy) is 1. The summed E-state index contributed by atoms with van der Waals surface area (Å²) in [7, 11) is 0. The van der Waals surface area contributed by atoms with Gasteiger partial charge in [-0.05, 0) is 39.0 Å². The Hall–Kier alpha value is -0.0800. The standard InChI is InChI=1S/C12H25NO/c1-4-11(5-2)13-9-10(3)14-12-7-6-8-12/h10-13H,4-9H2,1-3H3. The lowest BCUT2D eigenvalue weighted by molar-refractivity contribution is -0.0427. The van der Waals surface area contributed by atoms with E-state index in [2.05, 4.69) is 26.1 Å². The summed E-state index contributed by atoms with van der Waals surface area (Å²) in [5, 5.41) is 3.55. The molecule has 0 amide bonds. The molecule has 0 aromatic heterocycles. The number of hydrogen-bond acceptors (Lipinski definition) is 2. The normalized spacial score (nSPS) is 19.7. The summed E-state index contributed by atoms with van der Waals surface area (Å²) >= 11 is 0. The molecule has 0 heterocycles. The summed E-state index contributed by atoms with van der Waals surface area (Å²) in [5.74, 6) is 0. The van der Waals surface area contributed by atoms with Crippen molar-refractivity contribution in [3.8, 4) is 0 Å². The Labute approximate surface area is 88.4 Å². The molecule has 0 radical (unpaired) electrons. The zero-order valence-electron chi connectivity index (χ0n) is 9.88. The van der Waals surface area contributed by atoms with Gasteiger partial charge in [-0.25, -0.2) is 0 Å². The lowest BCUT2D eigenvalue weighted by Crippen LogP contribution is -2.37. The zero-order chi connectivity index (χ0) is 10.4. The molecule has 84 valence electrons. The molecule has 1 saturated carbocycles. The van der Waals surface area contributed by atoms with Crippen LogP contribution in [0.1, 0.15) is 52.9 Å². The summed E-state index contributed by atoms with van der Waals surface area (Å²) in [6.07, 6.45) is 7.27. The van der Waals surface area contributed by atoms with Crippen LogP contribution < -0.4 is 5.32 Å². The van der Waals surface area contributed by atoms with Crippen LogP contribution in [0.3, 0.4) is 0 Å². The van der Waals surface area contributed by atoms with E-state index in [1.165, 1.54) is 32.1 Å². The van der Waals surface area contributed by atoms with Crippen molar-refractivity contribution in [2.24, 2.45) is 0 Å². The van der Waals surface area contributed by atoms with Crippen LogP contribution in [0.25, 0.3) is 0 Å². The van der Waals surface area contributed by atoms with E-state index in [1.54, 1.807) is 0 Å². The van der Waals surface area contributed by atoms with Crippen LogP contribution in [-0.2, 0) is 4.74 Å².